The lowest BCUT2D eigenvalue weighted by molar-refractivity contribution is 0.373. The number of nitrogen functional groups attached to an aromatic ring is 1. The molecule has 0 spiro atoms. The van der Waals surface area contributed by atoms with Gasteiger partial charge in [-0.05, 0) is 65.4 Å². The number of ether oxygens (including phenoxy) is 2. The van der Waals surface area contributed by atoms with Crippen molar-refractivity contribution in [2.45, 2.75) is 18.4 Å². The van der Waals surface area contributed by atoms with E-state index >= 15 is 0 Å². The highest BCUT2D eigenvalue weighted by molar-refractivity contribution is 5.95. The van der Waals surface area contributed by atoms with Crippen molar-refractivity contribution < 1.29 is 9.47 Å². The molecule has 3 aromatic rings. The topological polar surface area (TPSA) is 80.4 Å². The Morgan fingerprint density at radius 3 is 2.57 bits per heavy atom. The minimum atomic E-state index is 0.0723. The maximum atomic E-state index is 7.89. The Labute approximate surface area is 176 Å². The van der Waals surface area contributed by atoms with E-state index in [0.717, 1.165) is 34.7 Å². The molecule has 0 amide bonds. The molecule has 30 heavy (non-hydrogen) atoms. The quantitative estimate of drug-likeness (QED) is 0.447. The number of hydrogen-bond donors (Lipinski definition) is 3. The summed E-state index contributed by atoms with van der Waals surface area (Å²) in [4.78, 5) is 0. The third-order valence-corrected chi connectivity index (χ3v) is 6.48. The molecule has 0 saturated carbocycles. The molecular weight excluding hydrogens is 374 g/mol. The molecule has 1 aliphatic heterocycles. The number of anilines is 1. The number of nitrogens with two attached hydrogens (primary N) is 1. The van der Waals surface area contributed by atoms with Crippen molar-refractivity contribution in [3.8, 4) is 11.5 Å². The molecule has 3 atom stereocenters. The minimum absolute atomic E-state index is 0.0723. The number of hydrogen-bond acceptors (Lipinski definition) is 4. The Hall–Kier alpha value is -3.47. The Morgan fingerprint density at radius 1 is 0.967 bits per heavy atom. The summed E-state index contributed by atoms with van der Waals surface area (Å²) < 4.78 is 11.2. The van der Waals surface area contributed by atoms with Gasteiger partial charge in [0.05, 0.1) is 20.3 Å². The second kappa shape index (κ2) is 7.10. The van der Waals surface area contributed by atoms with E-state index < -0.39 is 0 Å². The lowest BCUT2D eigenvalue weighted by atomic mass is 9.75. The van der Waals surface area contributed by atoms with Crippen LogP contribution < -0.4 is 20.5 Å². The standard InChI is InChI=1S/C25H25N3O2/c1-29-16-8-10-22(30-2)19(13-16)24-20-11-14-5-3-4-6-17(14)23(20)18-12-15(25(26)27)7-9-21(18)28-24/h3-10,12-13,20,23-24,28H,11H2,1-2H3,(H3,26,27). The zero-order valence-electron chi connectivity index (χ0n) is 17.1. The van der Waals surface area contributed by atoms with Gasteiger partial charge in [-0.1, -0.05) is 24.3 Å². The third kappa shape index (κ3) is 2.81. The van der Waals surface area contributed by atoms with E-state index in [1.807, 2.05) is 24.3 Å². The maximum absolute atomic E-state index is 7.89. The van der Waals surface area contributed by atoms with E-state index in [2.05, 4.69) is 41.7 Å². The fourth-order valence-electron chi connectivity index (χ4n) is 5.12. The number of benzene rings is 3. The van der Waals surface area contributed by atoms with E-state index in [9.17, 15) is 0 Å². The van der Waals surface area contributed by atoms with Crippen molar-refractivity contribution in [3.05, 3.63) is 88.5 Å². The second-order valence-corrected chi connectivity index (χ2v) is 7.99. The van der Waals surface area contributed by atoms with Gasteiger partial charge in [0.25, 0.3) is 0 Å². The average Bonchev–Trinajstić information content (AvgIpc) is 3.17. The van der Waals surface area contributed by atoms with Crippen LogP contribution in [0.25, 0.3) is 0 Å². The summed E-state index contributed by atoms with van der Waals surface area (Å²) in [5.74, 6) is 2.32. The summed E-state index contributed by atoms with van der Waals surface area (Å²) in [7, 11) is 3.40. The van der Waals surface area contributed by atoms with E-state index in [4.69, 9.17) is 20.6 Å². The number of rotatable bonds is 4. The zero-order chi connectivity index (χ0) is 20.8. The highest BCUT2D eigenvalue weighted by atomic mass is 16.5. The van der Waals surface area contributed by atoms with E-state index in [1.165, 1.54) is 16.7 Å². The van der Waals surface area contributed by atoms with Crippen LogP contribution in [0.15, 0.2) is 60.7 Å². The van der Waals surface area contributed by atoms with Crippen molar-refractivity contribution >= 4 is 11.5 Å². The Balaban J connectivity index is 1.70. The predicted octanol–water partition coefficient (Wildman–Crippen LogP) is 4.46. The summed E-state index contributed by atoms with van der Waals surface area (Å²) in [5, 5.41) is 11.7. The van der Waals surface area contributed by atoms with Crippen molar-refractivity contribution in [2.75, 3.05) is 19.5 Å². The molecule has 2 aliphatic rings. The lowest BCUT2D eigenvalue weighted by Crippen LogP contribution is -2.31. The van der Waals surface area contributed by atoms with Crippen molar-refractivity contribution in [3.63, 3.8) is 0 Å². The molecule has 0 bridgehead atoms. The van der Waals surface area contributed by atoms with Gasteiger partial charge in [0.1, 0.15) is 17.3 Å². The van der Waals surface area contributed by atoms with Gasteiger partial charge in [0, 0.05) is 22.7 Å². The van der Waals surface area contributed by atoms with E-state index in [0.29, 0.717) is 5.92 Å². The van der Waals surface area contributed by atoms with Gasteiger partial charge in [-0.3, -0.25) is 5.41 Å². The highest BCUT2D eigenvalue weighted by Crippen LogP contribution is 2.55. The first-order valence-corrected chi connectivity index (χ1v) is 10.2. The van der Waals surface area contributed by atoms with Crippen LogP contribution in [-0.2, 0) is 6.42 Å². The van der Waals surface area contributed by atoms with Crippen LogP contribution in [0.3, 0.4) is 0 Å². The van der Waals surface area contributed by atoms with Crippen LogP contribution >= 0.6 is 0 Å². The number of amidine groups is 1. The highest BCUT2D eigenvalue weighted by Gasteiger charge is 2.44. The Bertz CT molecular complexity index is 1140. The molecule has 5 rings (SSSR count). The van der Waals surface area contributed by atoms with Gasteiger partial charge < -0.3 is 20.5 Å². The van der Waals surface area contributed by atoms with Crippen LogP contribution in [0.2, 0.25) is 0 Å². The second-order valence-electron chi connectivity index (χ2n) is 7.99. The summed E-state index contributed by atoms with van der Waals surface area (Å²) in [6.45, 7) is 0. The van der Waals surface area contributed by atoms with Gasteiger partial charge >= 0.3 is 0 Å². The fraction of sp³-hybridized carbons (Fsp3) is 0.240. The molecule has 0 radical (unpaired) electrons. The van der Waals surface area contributed by atoms with Crippen LogP contribution in [-0.4, -0.2) is 20.1 Å². The van der Waals surface area contributed by atoms with Crippen molar-refractivity contribution in [1.82, 2.24) is 0 Å². The average molecular weight is 399 g/mol. The van der Waals surface area contributed by atoms with Crippen LogP contribution in [0.5, 0.6) is 11.5 Å². The summed E-state index contributed by atoms with van der Waals surface area (Å²) in [5.41, 5.74) is 12.7. The first kappa shape index (κ1) is 18.6. The molecule has 5 nitrogen and oxygen atoms in total. The lowest BCUT2D eigenvalue weighted by Gasteiger charge is -2.38. The van der Waals surface area contributed by atoms with Gasteiger partial charge in [-0.2, -0.15) is 0 Å². The monoisotopic (exact) mass is 399 g/mol. The molecule has 152 valence electrons. The van der Waals surface area contributed by atoms with Gasteiger partial charge in [-0.15, -0.1) is 0 Å². The Kier molecular flexibility index (Phi) is 4.39. The van der Waals surface area contributed by atoms with E-state index in [-0.39, 0.29) is 17.8 Å². The molecule has 1 aliphatic carbocycles. The number of nitrogens with one attached hydrogen (secondary N) is 2. The predicted molar refractivity (Wildman–Crippen MR) is 119 cm³/mol. The van der Waals surface area contributed by atoms with Crippen LogP contribution in [0, 0.1) is 11.3 Å². The Morgan fingerprint density at radius 2 is 1.80 bits per heavy atom. The number of fused-ring (bicyclic) bond motifs is 5. The molecule has 0 aromatic heterocycles. The summed E-state index contributed by atoms with van der Waals surface area (Å²) in [6, 6.07) is 20.8. The molecular formula is C25H25N3O2. The largest absolute Gasteiger partial charge is 0.497 e. The van der Waals surface area contributed by atoms with Gasteiger partial charge in [-0.25, -0.2) is 0 Å². The summed E-state index contributed by atoms with van der Waals surface area (Å²) >= 11 is 0. The maximum Gasteiger partial charge on any atom is 0.124 e. The van der Waals surface area contributed by atoms with Gasteiger partial charge in [0.2, 0.25) is 0 Å². The van der Waals surface area contributed by atoms with Crippen molar-refractivity contribution in [1.29, 1.82) is 5.41 Å². The minimum Gasteiger partial charge on any atom is -0.497 e. The van der Waals surface area contributed by atoms with Crippen LogP contribution in [0.4, 0.5) is 5.69 Å². The third-order valence-electron chi connectivity index (χ3n) is 6.48. The normalized spacial score (nSPS) is 21.1. The molecule has 3 unspecified atom stereocenters. The first-order valence-electron chi connectivity index (χ1n) is 10.2. The van der Waals surface area contributed by atoms with Crippen molar-refractivity contribution in [2.24, 2.45) is 11.7 Å². The molecule has 1 heterocycles. The summed E-state index contributed by atoms with van der Waals surface area (Å²) in [6.07, 6.45) is 0.975. The molecule has 3 aromatic carbocycles. The molecule has 0 fully saturated rings. The smallest absolute Gasteiger partial charge is 0.124 e. The van der Waals surface area contributed by atoms with E-state index in [1.54, 1.807) is 14.2 Å². The molecule has 0 saturated heterocycles. The molecule has 4 N–H and O–H groups in total. The number of methoxy groups -OCH3 is 2. The van der Waals surface area contributed by atoms with Crippen LogP contribution in [0.1, 0.15) is 39.8 Å². The fourth-order valence-corrected chi connectivity index (χ4v) is 5.12. The van der Waals surface area contributed by atoms with Gasteiger partial charge in [0.15, 0.2) is 0 Å². The molecule has 5 heteroatoms. The SMILES string of the molecule is COc1ccc(OC)c(C2Nc3ccc(C(=N)N)cc3C3c4ccccc4CC23)c1. The first-order chi connectivity index (χ1) is 14.6. The zero-order valence-corrected chi connectivity index (χ0v) is 17.1.